The van der Waals surface area contributed by atoms with E-state index >= 15 is 0 Å². The molecule has 174 valence electrons. The van der Waals surface area contributed by atoms with Gasteiger partial charge in [0.15, 0.2) is 0 Å². The molecule has 0 nitrogen and oxygen atoms in total. The zero-order chi connectivity index (χ0) is 20.9. The van der Waals surface area contributed by atoms with Gasteiger partial charge in [0.05, 0.1) is 0 Å². The smallest absolute Gasteiger partial charge is 0.0269 e. The van der Waals surface area contributed by atoms with Crippen LogP contribution in [0.15, 0.2) is 0 Å². The van der Waals surface area contributed by atoms with E-state index in [9.17, 15) is 0 Å². The van der Waals surface area contributed by atoms with Gasteiger partial charge < -0.3 is 0 Å². The first kappa shape index (κ1) is 23.2. The molecule has 0 atom stereocenters. The zero-order valence-corrected chi connectivity index (χ0v) is 20.9. The van der Waals surface area contributed by atoms with Crippen LogP contribution in [0.25, 0.3) is 0 Å². The topological polar surface area (TPSA) is 0 Å². The third-order valence-corrected chi connectivity index (χ3v) is 11.2. The van der Waals surface area contributed by atoms with Crippen molar-refractivity contribution in [3.8, 4) is 0 Å². The van der Waals surface area contributed by atoms with E-state index in [1.165, 1.54) is 44.9 Å². The maximum Gasteiger partial charge on any atom is -0.0269 e. The lowest BCUT2D eigenvalue weighted by Crippen LogP contribution is -2.46. The van der Waals surface area contributed by atoms with Crippen LogP contribution in [0.4, 0.5) is 0 Å². The van der Waals surface area contributed by atoms with Gasteiger partial charge in [-0.25, -0.2) is 0 Å². The van der Waals surface area contributed by atoms with E-state index in [2.05, 4.69) is 13.8 Å². The van der Waals surface area contributed by atoms with Gasteiger partial charge in [0.2, 0.25) is 0 Å². The summed E-state index contributed by atoms with van der Waals surface area (Å²) in [5.41, 5.74) is 1.59. The molecule has 0 unspecified atom stereocenters. The van der Waals surface area contributed by atoms with Crippen molar-refractivity contribution < 1.29 is 0 Å². The van der Waals surface area contributed by atoms with Crippen LogP contribution in [0.3, 0.4) is 0 Å². The Kier molecular flexibility index (Phi) is 8.30. The highest BCUT2D eigenvalue weighted by molar-refractivity contribution is 5.03. The van der Waals surface area contributed by atoms with Gasteiger partial charge in [0.1, 0.15) is 0 Å². The van der Waals surface area contributed by atoms with Crippen LogP contribution < -0.4 is 0 Å². The summed E-state index contributed by atoms with van der Waals surface area (Å²) >= 11 is 0. The molecule has 0 aromatic carbocycles. The van der Waals surface area contributed by atoms with Gasteiger partial charge in [-0.15, -0.1) is 0 Å². The molecule has 5 rings (SSSR count). The van der Waals surface area contributed by atoms with Crippen molar-refractivity contribution in [1.29, 1.82) is 0 Å². The fourth-order valence-corrected chi connectivity index (χ4v) is 8.94. The van der Waals surface area contributed by atoms with Crippen LogP contribution in [0.1, 0.15) is 155 Å². The molecule has 2 bridgehead atoms. The van der Waals surface area contributed by atoms with Gasteiger partial charge in [-0.1, -0.05) is 71.6 Å². The second kappa shape index (κ2) is 10.7. The summed E-state index contributed by atoms with van der Waals surface area (Å²) < 4.78 is 0. The molecule has 30 heavy (non-hydrogen) atoms. The van der Waals surface area contributed by atoms with Crippen LogP contribution >= 0.6 is 0 Å². The third kappa shape index (κ3) is 5.31. The Bertz CT molecular complexity index is 464. The molecule has 0 spiro atoms. The summed E-state index contributed by atoms with van der Waals surface area (Å²) in [6.45, 7) is 4.72. The van der Waals surface area contributed by atoms with Gasteiger partial charge in [-0.3, -0.25) is 0 Å². The molecule has 5 saturated carbocycles. The largest absolute Gasteiger partial charge is 0.0654 e. The Morgan fingerprint density at radius 1 is 0.567 bits per heavy atom. The average molecular weight is 415 g/mol. The molecule has 5 aliphatic rings. The van der Waals surface area contributed by atoms with E-state index in [0.29, 0.717) is 0 Å². The molecule has 5 fully saturated rings. The number of rotatable bonds is 10. The number of fused-ring (bicyclic) bond motifs is 3. The Labute approximate surface area is 189 Å². The maximum atomic E-state index is 2.38. The fourth-order valence-electron chi connectivity index (χ4n) is 8.94. The summed E-state index contributed by atoms with van der Waals surface area (Å²) in [5.74, 6) is 4.40. The Morgan fingerprint density at radius 3 is 1.70 bits per heavy atom. The summed E-state index contributed by atoms with van der Waals surface area (Å²) in [6.07, 6.45) is 34.1. The Hall–Kier alpha value is 0. The zero-order valence-electron chi connectivity index (χ0n) is 20.9. The minimum absolute atomic E-state index is 0.794. The predicted octanol–water partition coefficient (Wildman–Crippen LogP) is 10.1. The first-order valence-corrected chi connectivity index (χ1v) is 14.7. The van der Waals surface area contributed by atoms with Crippen molar-refractivity contribution in [3.63, 3.8) is 0 Å². The molecular formula is C30H54. The molecule has 0 saturated heterocycles. The predicted molar refractivity (Wildman–Crippen MR) is 132 cm³/mol. The highest BCUT2D eigenvalue weighted by Crippen LogP contribution is 2.63. The monoisotopic (exact) mass is 414 g/mol. The SMILES string of the molecule is CCCCCCCC12CCC([C@H]3CC[C@H]([C@H]4CC[C@H](CCC)CC4)CC3)(CC1)CC2. The minimum atomic E-state index is 0.794. The van der Waals surface area contributed by atoms with Crippen molar-refractivity contribution in [1.82, 2.24) is 0 Å². The quantitative estimate of drug-likeness (QED) is 0.312. The second-order valence-corrected chi connectivity index (χ2v) is 12.7. The fraction of sp³-hybridized carbons (Fsp3) is 1.00. The molecule has 0 aromatic heterocycles. The van der Waals surface area contributed by atoms with Gasteiger partial charge >= 0.3 is 0 Å². The average Bonchev–Trinajstić information content (AvgIpc) is 2.81. The molecular weight excluding hydrogens is 360 g/mol. The van der Waals surface area contributed by atoms with Crippen LogP contribution in [-0.4, -0.2) is 0 Å². The standard InChI is InChI=1S/C30H54/c1-3-5-6-7-8-18-29-19-22-30(23-20-29,24-21-29)28-16-14-27(15-17-28)26-12-10-25(9-4-2)11-13-26/h25-28H,3-24H2,1-2H3/t25-,26-,27-,28-,29?,30?. The highest BCUT2D eigenvalue weighted by atomic mass is 14.6. The van der Waals surface area contributed by atoms with Crippen molar-refractivity contribution in [2.75, 3.05) is 0 Å². The Balaban J connectivity index is 1.19. The van der Waals surface area contributed by atoms with E-state index in [0.717, 1.165) is 34.5 Å². The summed E-state index contributed by atoms with van der Waals surface area (Å²) in [4.78, 5) is 0. The van der Waals surface area contributed by atoms with Crippen molar-refractivity contribution in [2.24, 2.45) is 34.5 Å². The molecule has 0 aliphatic heterocycles. The van der Waals surface area contributed by atoms with Gasteiger partial charge in [0.25, 0.3) is 0 Å². The van der Waals surface area contributed by atoms with Crippen LogP contribution in [-0.2, 0) is 0 Å². The maximum absolute atomic E-state index is 2.38. The van der Waals surface area contributed by atoms with Crippen LogP contribution in [0.5, 0.6) is 0 Å². The lowest BCUT2D eigenvalue weighted by Gasteiger charge is -2.58. The molecule has 0 amide bonds. The normalized spacial score (nSPS) is 41.8. The van der Waals surface area contributed by atoms with Crippen molar-refractivity contribution in [3.05, 3.63) is 0 Å². The molecule has 0 N–H and O–H groups in total. The minimum Gasteiger partial charge on any atom is -0.0654 e. The van der Waals surface area contributed by atoms with Gasteiger partial charge in [-0.05, 0) is 118 Å². The lowest BCUT2D eigenvalue weighted by atomic mass is 9.47. The molecule has 5 aliphatic carbocycles. The van der Waals surface area contributed by atoms with E-state index in [4.69, 9.17) is 0 Å². The summed E-state index contributed by atoms with van der Waals surface area (Å²) in [5, 5.41) is 0. The van der Waals surface area contributed by atoms with E-state index in [1.807, 2.05) is 0 Å². The highest BCUT2D eigenvalue weighted by Gasteiger charge is 2.51. The molecule has 0 radical (unpaired) electrons. The van der Waals surface area contributed by atoms with Crippen LogP contribution in [0, 0.1) is 34.5 Å². The second-order valence-electron chi connectivity index (χ2n) is 12.7. The number of unbranched alkanes of at least 4 members (excludes halogenated alkanes) is 4. The Morgan fingerprint density at radius 2 is 1.13 bits per heavy atom. The molecule has 0 heterocycles. The van der Waals surface area contributed by atoms with Crippen molar-refractivity contribution >= 4 is 0 Å². The van der Waals surface area contributed by atoms with Gasteiger partial charge in [0, 0.05) is 0 Å². The van der Waals surface area contributed by atoms with E-state index in [1.54, 1.807) is 96.3 Å². The van der Waals surface area contributed by atoms with E-state index < -0.39 is 0 Å². The van der Waals surface area contributed by atoms with E-state index in [-0.39, 0.29) is 0 Å². The molecule has 0 heteroatoms. The molecule has 0 aromatic rings. The third-order valence-electron chi connectivity index (χ3n) is 11.2. The van der Waals surface area contributed by atoms with Crippen molar-refractivity contribution in [2.45, 2.75) is 155 Å². The first-order chi connectivity index (χ1) is 14.7. The van der Waals surface area contributed by atoms with Crippen LogP contribution in [0.2, 0.25) is 0 Å². The van der Waals surface area contributed by atoms with Gasteiger partial charge in [-0.2, -0.15) is 0 Å². The first-order valence-electron chi connectivity index (χ1n) is 14.7. The summed E-state index contributed by atoms with van der Waals surface area (Å²) in [7, 11) is 0. The summed E-state index contributed by atoms with van der Waals surface area (Å²) in [6, 6.07) is 0. The lowest BCUT2D eigenvalue weighted by molar-refractivity contribution is -0.0680. The number of hydrogen-bond acceptors (Lipinski definition) is 0. The number of hydrogen-bond donors (Lipinski definition) is 0.